The first-order chi connectivity index (χ1) is 13.9. The zero-order valence-electron chi connectivity index (χ0n) is 16.8. The molecule has 5 nitrogen and oxygen atoms in total. The molecule has 146 valence electrons. The van der Waals surface area contributed by atoms with Gasteiger partial charge < -0.3 is 10.2 Å². The molecule has 0 spiro atoms. The van der Waals surface area contributed by atoms with Crippen LogP contribution in [0.15, 0.2) is 54.7 Å². The molecule has 4 rings (SSSR count). The monoisotopic (exact) mass is 385 g/mol. The predicted molar refractivity (Wildman–Crippen MR) is 115 cm³/mol. The zero-order valence-corrected chi connectivity index (χ0v) is 16.8. The van der Waals surface area contributed by atoms with Crippen LogP contribution in [0, 0.1) is 20.8 Å². The van der Waals surface area contributed by atoms with Crippen molar-refractivity contribution in [3.05, 3.63) is 88.2 Å². The summed E-state index contributed by atoms with van der Waals surface area (Å²) in [5.74, 6) is -0.439. The largest absolute Gasteiger partial charge is 0.322 e. The second-order valence-electron chi connectivity index (χ2n) is 7.49. The number of fused-ring (bicyclic) bond motifs is 1. The molecule has 3 aromatic rings. The number of rotatable bonds is 3. The Kier molecular flexibility index (Phi) is 4.89. The van der Waals surface area contributed by atoms with Crippen LogP contribution in [0.2, 0.25) is 0 Å². The van der Waals surface area contributed by atoms with Crippen LogP contribution in [0.1, 0.15) is 43.1 Å². The van der Waals surface area contributed by atoms with Crippen molar-refractivity contribution in [1.82, 2.24) is 4.98 Å². The predicted octanol–water partition coefficient (Wildman–Crippen LogP) is 4.46. The molecule has 0 saturated heterocycles. The SMILES string of the molecule is Cc1cc(C)c(NC(=O)c2ccnc(C(=O)N3CCc4ccccc43)c2)c(C)c1. The van der Waals surface area contributed by atoms with E-state index >= 15 is 0 Å². The molecule has 2 heterocycles. The molecule has 0 saturated carbocycles. The molecule has 1 aliphatic rings. The number of para-hydroxylation sites is 1. The molecular weight excluding hydrogens is 362 g/mol. The highest BCUT2D eigenvalue weighted by atomic mass is 16.2. The Balaban J connectivity index is 1.58. The van der Waals surface area contributed by atoms with Gasteiger partial charge in [-0.05, 0) is 62.1 Å². The second kappa shape index (κ2) is 7.51. The van der Waals surface area contributed by atoms with E-state index in [1.54, 1.807) is 17.0 Å². The Morgan fingerprint density at radius 3 is 2.48 bits per heavy atom. The number of hydrogen-bond acceptors (Lipinski definition) is 3. The first kappa shape index (κ1) is 18.9. The number of carbonyl (C=O) groups excluding carboxylic acids is 2. The fourth-order valence-corrected chi connectivity index (χ4v) is 3.94. The number of hydrogen-bond donors (Lipinski definition) is 1. The number of aromatic nitrogens is 1. The molecule has 0 bridgehead atoms. The summed E-state index contributed by atoms with van der Waals surface area (Å²) in [6, 6.07) is 15.1. The van der Waals surface area contributed by atoms with Crippen LogP contribution in [0.3, 0.4) is 0 Å². The van der Waals surface area contributed by atoms with Crippen molar-refractivity contribution in [2.75, 3.05) is 16.8 Å². The van der Waals surface area contributed by atoms with Gasteiger partial charge in [0.2, 0.25) is 0 Å². The van der Waals surface area contributed by atoms with Crippen molar-refractivity contribution in [2.24, 2.45) is 0 Å². The van der Waals surface area contributed by atoms with Crippen LogP contribution in [0.25, 0.3) is 0 Å². The Morgan fingerprint density at radius 2 is 1.72 bits per heavy atom. The lowest BCUT2D eigenvalue weighted by Crippen LogP contribution is -2.30. The Labute approximate surface area is 170 Å². The van der Waals surface area contributed by atoms with Gasteiger partial charge in [-0.15, -0.1) is 0 Å². The molecule has 1 aliphatic heterocycles. The number of nitrogens with zero attached hydrogens (tertiary/aromatic N) is 2. The minimum atomic E-state index is -0.252. The van der Waals surface area contributed by atoms with E-state index in [-0.39, 0.29) is 17.5 Å². The van der Waals surface area contributed by atoms with Gasteiger partial charge in [-0.1, -0.05) is 35.9 Å². The topological polar surface area (TPSA) is 62.3 Å². The second-order valence-corrected chi connectivity index (χ2v) is 7.49. The summed E-state index contributed by atoms with van der Waals surface area (Å²) in [5.41, 5.74) is 6.73. The van der Waals surface area contributed by atoms with Crippen molar-refractivity contribution in [1.29, 1.82) is 0 Å². The van der Waals surface area contributed by atoms with E-state index in [1.165, 1.54) is 6.20 Å². The van der Waals surface area contributed by atoms with Crippen molar-refractivity contribution in [3.8, 4) is 0 Å². The summed E-state index contributed by atoms with van der Waals surface area (Å²) in [6.45, 7) is 6.60. The lowest BCUT2D eigenvalue weighted by molar-refractivity contribution is 0.0984. The van der Waals surface area contributed by atoms with E-state index in [2.05, 4.69) is 10.3 Å². The lowest BCUT2D eigenvalue weighted by atomic mass is 10.0. The third-order valence-corrected chi connectivity index (χ3v) is 5.29. The number of amides is 2. The van der Waals surface area contributed by atoms with Crippen molar-refractivity contribution in [3.63, 3.8) is 0 Å². The maximum Gasteiger partial charge on any atom is 0.276 e. The maximum atomic E-state index is 13.0. The first-order valence-electron chi connectivity index (χ1n) is 9.69. The van der Waals surface area contributed by atoms with Crippen LogP contribution < -0.4 is 10.2 Å². The van der Waals surface area contributed by atoms with Gasteiger partial charge in [-0.2, -0.15) is 0 Å². The van der Waals surface area contributed by atoms with Crippen molar-refractivity contribution >= 4 is 23.2 Å². The molecule has 0 radical (unpaired) electrons. The number of benzene rings is 2. The number of carbonyl (C=O) groups is 2. The molecule has 0 fully saturated rings. The van der Waals surface area contributed by atoms with Gasteiger partial charge in [-0.3, -0.25) is 14.6 Å². The summed E-state index contributed by atoms with van der Waals surface area (Å²) >= 11 is 0. The van der Waals surface area contributed by atoms with E-state index in [1.807, 2.05) is 57.2 Å². The van der Waals surface area contributed by atoms with Gasteiger partial charge in [0.15, 0.2) is 0 Å². The van der Waals surface area contributed by atoms with Gasteiger partial charge >= 0.3 is 0 Å². The molecule has 0 unspecified atom stereocenters. The van der Waals surface area contributed by atoms with Crippen LogP contribution in [0.5, 0.6) is 0 Å². The van der Waals surface area contributed by atoms with Gasteiger partial charge in [-0.25, -0.2) is 0 Å². The minimum absolute atomic E-state index is 0.188. The third-order valence-electron chi connectivity index (χ3n) is 5.29. The highest BCUT2D eigenvalue weighted by Crippen LogP contribution is 2.29. The number of pyridine rings is 1. The van der Waals surface area contributed by atoms with Crippen LogP contribution in [-0.2, 0) is 6.42 Å². The van der Waals surface area contributed by atoms with Crippen LogP contribution in [0.4, 0.5) is 11.4 Å². The Hall–Kier alpha value is -3.47. The highest BCUT2D eigenvalue weighted by Gasteiger charge is 2.26. The summed E-state index contributed by atoms with van der Waals surface area (Å²) < 4.78 is 0. The summed E-state index contributed by atoms with van der Waals surface area (Å²) in [7, 11) is 0. The molecule has 0 atom stereocenters. The van der Waals surface area contributed by atoms with E-state index in [4.69, 9.17) is 0 Å². The average Bonchev–Trinajstić information content (AvgIpc) is 3.14. The fourth-order valence-electron chi connectivity index (χ4n) is 3.94. The Morgan fingerprint density at radius 1 is 1.00 bits per heavy atom. The summed E-state index contributed by atoms with van der Waals surface area (Å²) in [4.78, 5) is 31.8. The molecule has 0 aliphatic carbocycles. The fraction of sp³-hybridized carbons (Fsp3) is 0.208. The number of nitrogens with one attached hydrogen (secondary N) is 1. The van der Waals surface area contributed by atoms with E-state index in [0.717, 1.165) is 40.0 Å². The molecule has 2 amide bonds. The number of aryl methyl sites for hydroxylation is 3. The molecule has 1 aromatic heterocycles. The molecular formula is C24H23N3O2. The van der Waals surface area contributed by atoms with Gasteiger partial charge in [0.1, 0.15) is 5.69 Å². The van der Waals surface area contributed by atoms with Gasteiger partial charge in [0, 0.05) is 29.7 Å². The Bertz CT molecular complexity index is 1100. The molecule has 5 heteroatoms. The summed E-state index contributed by atoms with van der Waals surface area (Å²) in [6.07, 6.45) is 2.34. The third kappa shape index (κ3) is 3.63. The quantitative estimate of drug-likeness (QED) is 0.724. The van der Waals surface area contributed by atoms with E-state index < -0.39 is 0 Å². The smallest absolute Gasteiger partial charge is 0.276 e. The highest BCUT2D eigenvalue weighted by molar-refractivity contribution is 6.09. The maximum absolute atomic E-state index is 13.0. The lowest BCUT2D eigenvalue weighted by Gasteiger charge is -2.17. The van der Waals surface area contributed by atoms with Crippen molar-refractivity contribution < 1.29 is 9.59 Å². The van der Waals surface area contributed by atoms with Crippen LogP contribution in [-0.4, -0.2) is 23.3 Å². The normalized spacial score (nSPS) is 12.6. The molecule has 1 N–H and O–H groups in total. The summed E-state index contributed by atoms with van der Waals surface area (Å²) in [5, 5.41) is 2.98. The van der Waals surface area contributed by atoms with Gasteiger partial charge in [0.05, 0.1) is 0 Å². The first-order valence-corrected chi connectivity index (χ1v) is 9.69. The number of anilines is 2. The van der Waals surface area contributed by atoms with E-state index in [0.29, 0.717) is 12.1 Å². The van der Waals surface area contributed by atoms with Gasteiger partial charge in [0.25, 0.3) is 11.8 Å². The minimum Gasteiger partial charge on any atom is -0.322 e. The average molecular weight is 385 g/mol. The zero-order chi connectivity index (χ0) is 20.5. The van der Waals surface area contributed by atoms with Crippen molar-refractivity contribution in [2.45, 2.75) is 27.2 Å². The standard InChI is InChI=1S/C24H23N3O2/c1-15-12-16(2)22(17(3)13-15)26-23(28)19-8-10-25-20(14-19)24(29)27-11-9-18-6-4-5-7-21(18)27/h4-8,10,12-14H,9,11H2,1-3H3,(H,26,28). The molecule has 2 aromatic carbocycles. The van der Waals surface area contributed by atoms with Crippen LogP contribution >= 0.6 is 0 Å². The van der Waals surface area contributed by atoms with E-state index in [9.17, 15) is 9.59 Å². The molecule has 29 heavy (non-hydrogen) atoms.